The molecule has 0 heterocycles. The molecule has 3 aromatic rings. The molecule has 176 valence electrons. The minimum absolute atomic E-state index is 0.140. The van der Waals surface area contributed by atoms with Crippen molar-refractivity contribution in [3.8, 4) is 36.2 Å². The third-order valence-corrected chi connectivity index (χ3v) is 7.58. The predicted octanol–water partition coefficient (Wildman–Crippen LogP) is 5.73. The Bertz CT molecular complexity index is 1210. The molecule has 0 amide bonds. The second-order valence-corrected chi connectivity index (χ2v) is 10.1. The van der Waals surface area contributed by atoms with Gasteiger partial charge < -0.3 is 9.47 Å². The lowest BCUT2D eigenvalue weighted by molar-refractivity contribution is 0.105. The second kappa shape index (κ2) is 11.5. The summed E-state index contributed by atoms with van der Waals surface area (Å²) < 4.78 is 11.1. The Morgan fingerprint density at radius 1 is 0.714 bits per heavy atom. The van der Waals surface area contributed by atoms with Crippen LogP contribution in [-0.4, -0.2) is 24.3 Å². The summed E-state index contributed by atoms with van der Waals surface area (Å²) in [5.41, 5.74) is 3.64. The standard InChI is InChI=1S/C30H27O4P/c1-7-14-33-24-16-20(3)27(21(4)17-24)29(31)35(26-12-10-9-11-13-26)30(32)28-22(5)18-25(19-23(28)6)34-15-8-2/h1-2,9-13,16-19H,14-15H2,3-6H3. The number of hydrogen-bond donors (Lipinski definition) is 0. The van der Waals surface area contributed by atoms with Gasteiger partial charge in [0.1, 0.15) is 24.7 Å². The Hall–Kier alpha value is -3.85. The van der Waals surface area contributed by atoms with E-state index in [2.05, 4.69) is 11.8 Å². The van der Waals surface area contributed by atoms with E-state index in [0.717, 1.165) is 22.3 Å². The van der Waals surface area contributed by atoms with Gasteiger partial charge in [-0.05, 0) is 79.5 Å². The number of rotatable bonds is 9. The van der Waals surface area contributed by atoms with E-state index in [4.69, 9.17) is 22.3 Å². The summed E-state index contributed by atoms with van der Waals surface area (Å²) >= 11 is 0. The van der Waals surface area contributed by atoms with E-state index in [-0.39, 0.29) is 24.3 Å². The average molecular weight is 483 g/mol. The SMILES string of the molecule is C#CCOc1cc(C)c(C(=O)P(C(=O)c2c(C)cc(OCC#C)cc2C)c2ccccc2)c(C)c1. The van der Waals surface area contributed by atoms with Crippen molar-refractivity contribution in [2.45, 2.75) is 27.7 Å². The van der Waals surface area contributed by atoms with Crippen molar-refractivity contribution >= 4 is 24.3 Å². The lowest BCUT2D eigenvalue weighted by Crippen LogP contribution is -2.19. The first-order valence-corrected chi connectivity index (χ1v) is 12.4. The molecule has 0 spiro atoms. The topological polar surface area (TPSA) is 52.6 Å². The van der Waals surface area contributed by atoms with Gasteiger partial charge in [0.05, 0.1) is 7.92 Å². The molecule has 3 rings (SSSR count). The summed E-state index contributed by atoms with van der Waals surface area (Å²) in [6.07, 6.45) is 10.6. The molecule has 35 heavy (non-hydrogen) atoms. The van der Waals surface area contributed by atoms with Crippen LogP contribution in [0.5, 0.6) is 11.5 Å². The van der Waals surface area contributed by atoms with Gasteiger partial charge in [-0.15, -0.1) is 12.8 Å². The van der Waals surface area contributed by atoms with Gasteiger partial charge in [0.2, 0.25) is 0 Å². The third-order valence-electron chi connectivity index (χ3n) is 5.51. The molecule has 0 radical (unpaired) electrons. The summed E-state index contributed by atoms with van der Waals surface area (Å²) in [6, 6.07) is 16.4. The molecule has 0 saturated heterocycles. The number of hydrogen-bond acceptors (Lipinski definition) is 4. The van der Waals surface area contributed by atoms with Crippen LogP contribution in [0.15, 0.2) is 54.6 Å². The maximum atomic E-state index is 14.0. The van der Waals surface area contributed by atoms with Gasteiger partial charge in [-0.2, -0.15) is 0 Å². The van der Waals surface area contributed by atoms with Gasteiger partial charge in [0, 0.05) is 11.1 Å². The van der Waals surface area contributed by atoms with Crippen molar-refractivity contribution in [3.05, 3.63) is 88.0 Å². The zero-order chi connectivity index (χ0) is 25.5. The molecular formula is C30H27O4P. The fourth-order valence-corrected chi connectivity index (χ4v) is 6.34. The average Bonchev–Trinajstić information content (AvgIpc) is 2.81. The molecular weight excluding hydrogens is 455 g/mol. The van der Waals surface area contributed by atoms with Crippen LogP contribution in [0.25, 0.3) is 0 Å². The maximum Gasteiger partial charge on any atom is 0.197 e. The highest BCUT2D eigenvalue weighted by Crippen LogP contribution is 2.45. The number of benzene rings is 3. The molecule has 0 aromatic heterocycles. The Morgan fingerprint density at radius 2 is 1.09 bits per heavy atom. The maximum absolute atomic E-state index is 14.0. The van der Waals surface area contributed by atoms with Gasteiger partial charge in [-0.25, -0.2) is 0 Å². The van der Waals surface area contributed by atoms with Crippen LogP contribution < -0.4 is 14.8 Å². The molecule has 0 atom stereocenters. The molecule has 5 heteroatoms. The highest BCUT2D eigenvalue weighted by Gasteiger charge is 2.33. The fourth-order valence-electron chi connectivity index (χ4n) is 4.07. The normalized spacial score (nSPS) is 10.4. The molecule has 0 saturated carbocycles. The first-order valence-electron chi connectivity index (χ1n) is 11.1. The van der Waals surface area contributed by atoms with Crippen LogP contribution >= 0.6 is 7.92 Å². The number of ether oxygens (including phenoxy) is 2. The van der Waals surface area contributed by atoms with Crippen molar-refractivity contribution in [1.29, 1.82) is 0 Å². The Balaban J connectivity index is 2.10. The molecule has 4 nitrogen and oxygen atoms in total. The van der Waals surface area contributed by atoms with Crippen LogP contribution in [0.3, 0.4) is 0 Å². The van der Waals surface area contributed by atoms with Crippen molar-refractivity contribution in [1.82, 2.24) is 0 Å². The number of aryl methyl sites for hydroxylation is 4. The summed E-state index contributed by atoms with van der Waals surface area (Å²) in [5, 5.41) is 0.704. The largest absolute Gasteiger partial charge is 0.481 e. The molecule has 0 aliphatic rings. The first-order chi connectivity index (χ1) is 16.8. The predicted molar refractivity (Wildman–Crippen MR) is 142 cm³/mol. The smallest absolute Gasteiger partial charge is 0.197 e. The van der Waals surface area contributed by atoms with E-state index >= 15 is 0 Å². The Kier molecular flexibility index (Phi) is 8.48. The van der Waals surface area contributed by atoms with Gasteiger partial charge in [0.15, 0.2) is 11.0 Å². The van der Waals surface area contributed by atoms with E-state index in [1.54, 1.807) is 24.3 Å². The molecule has 0 bridgehead atoms. The Morgan fingerprint density at radius 3 is 1.43 bits per heavy atom. The molecule has 0 aliphatic heterocycles. The van der Waals surface area contributed by atoms with Crippen LogP contribution in [0.2, 0.25) is 0 Å². The molecule has 0 unspecified atom stereocenters. The van der Waals surface area contributed by atoms with Gasteiger partial charge in [-0.1, -0.05) is 42.2 Å². The lowest BCUT2D eigenvalue weighted by atomic mass is 10.0. The van der Waals surface area contributed by atoms with Crippen LogP contribution in [0.4, 0.5) is 0 Å². The number of carbonyl (C=O) groups excluding carboxylic acids is 2. The van der Waals surface area contributed by atoms with E-state index < -0.39 is 7.92 Å². The van der Waals surface area contributed by atoms with E-state index in [9.17, 15) is 9.59 Å². The minimum Gasteiger partial charge on any atom is -0.481 e. The molecule has 0 aliphatic carbocycles. The van der Waals surface area contributed by atoms with Crippen molar-refractivity contribution in [3.63, 3.8) is 0 Å². The van der Waals surface area contributed by atoms with Gasteiger partial charge in [0.25, 0.3) is 0 Å². The van der Waals surface area contributed by atoms with E-state index in [1.165, 1.54) is 0 Å². The van der Waals surface area contributed by atoms with Gasteiger partial charge >= 0.3 is 0 Å². The first kappa shape index (κ1) is 25.8. The van der Waals surface area contributed by atoms with Crippen molar-refractivity contribution in [2.24, 2.45) is 0 Å². The van der Waals surface area contributed by atoms with Crippen molar-refractivity contribution in [2.75, 3.05) is 13.2 Å². The lowest BCUT2D eigenvalue weighted by Gasteiger charge is -2.21. The number of carbonyl (C=O) groups is 2. The highest BCUT2D eigenvalue weighted by atomic mass is 31.1. The van der Waals surface area contributed by atoms with E-state index in [0.29, 0.717) is 27.9 Å². The minimum atomic E-state index is -1.86. The zero-order valence-corrected chi connectivity index (χ0v) is 21.2. The fraction of sp³-hybridized carbons (Fsp3) is 0.200. The van der Waals surface area contributed by atoms with Crippen LogP contribution in [0.1, 0.15) is 43.0 Å². The quantitative estimate of drug-likeness (QED) is 0.289. The summed E-state index contributed by atoms with van der Waals surface area (Å²) in [6.45, 7) is 7.67. The van der Waals surface area contributed by atoms with Gasteiger partial charge in [-0.3, -0.25) is 9.59 Å². The van der Waals surface area contributed by atoms with Crippen molar-refractivity contribution < 1.29 is 19.1 Å². The molecule has 0 fully saturated rings. The third kappa shape index (κ3) is 5.81. The van der Waals surface area contributed by atoms with E-state index in [1.807, 2.05) is 58.0 Å². The molecule has 3 aromatic carbocycles. The van der Waals surface area contributed by atoms with Crippen LogP contribution in [0, 0.1) is 52.4 Å². The summed E-state index contributed by atoms with van der Waals surface area (Å²) in [7, 11) is -1.86. The monoisotopic (exact) mass is 482 g/mol. The summed E-state index contributed by atoms with van der Waals surface area (Å²) in [4.78, 5) is 28.1. The number of terminal acetylenes is 2. The summed E-state index contributed by atoms with van der Waals surface area (Å²) in [5.74, 6) is 6.08. The Labute approximate surface area is 208 Å². The van der Waals surface area contributed by atoms with Crippen LogP contribution in [-0.2, 0) is 0 Å². The zero-order valence-electron chi connectivity index (χ0n) is 20.3. The molecule has 0 N–H and O–H groups in total. The highest BCUT2D eigenvalue weighted by molar-refractivity contribution is 7.96. The second-order valence-electron chi connectivity index (χ2n) is 8.13.